The molecule has 1 aromatic heterocycles. The molecule has 0 unspecified atom stereocenters. The first kappa shape index (κ1) is 18.9. The maximum Gasteiger partial charge on any atom is 0.227 e. The number of hydrogen-bond acceptors (Lipinski definition) is 4. The minimum absolute atomic E-state index is 0.0187. The number of fused-ring (bicyclic) bond motifs is 1. The van der Waals surface area contributed by atoms with Gasteiger partial charge in [0.25, 0.3) is 0 Å². The fourth-order valence-corrected chi connectivity index (χ4v) is 4.10. The number of aromatic nitrogens is 1. The smallest absolute Gasteiger partial charge is 0.227 e. The van der Waals surface area contributed by atoms with Gasteiger partial charge in [-0.05, 0) is 37.0 Å². The lowest BCUT2D eigenvalue weighted by atomic mass is 9.94. The first-order valence-electron chi connectivity index (χ1n) is 10.1. The zero-order chi connectivity index (χ0) is 20.2. The van der Waals surface area contributed by atoms with E-state index in [0.29, 0.717) is 5.56 Å². The lowest BCUT2D eigenvalue weighted by molar-refractivity contribution is -0.120. The summed E-state index contributed by atoms with van der Waals surface area (Å²) in [6.07, 6.45) is 4.07. The van der Waals surface area contributed by atoms with Gasteiger partial charge in [0.05, 0.1) is 16.8 Å². The van der Waals surface area contributed by atoms with E-state index in [4.69, 9.17) is 0 Å². The van der Waals surface area contributed by atoms with Gasteiger partial charge in [0.1, 0.15) is 6.07 Å². The SMILES string of the molecule is CCc1ccccc1NC(=O)C1CCN(c2c(C#N)cnc3ccccc23)CC1. The Bertz CT molecular complexity index is 1080. The molecule has 1 N–H and O–H groups in total. The third-order valence-corrected chi connectivity index (χ3v) is 5.71. The van der Waals surface area contributed by atoms with Crippen molar-refractivity contribution in [2.45, 2.75) is 26.2 Å². The molecule has 2 aromatic carbocycles. The molecular formula is C24H24N4O. The fourth-order valence-electron chi connectivity index (χ4n) is 4.10. The van der Waals surface area contributed by atoms with Crippen LogP contribution in [0.15, 0.2) is 54.7 Å². The number of nitrogens with zero attached hydrogens (tertiary/aromatic N) is 3. The van der Waals surface area contributed by atoms with Gasteiger partial charge in [-0.25, -0.2) is 0 Å². The number of rotatable bonds is 4. The number of amides is 1. The minimum atomic E-state index is -0.0187. The van der Waals surface area contributed by atoms with E-state index in [-0.39, 0.29) is 11.8 Å². The average molecular weight is 384 g/mol. The summed E-state index contributed by atoms with van der Waals surface area (Å²) < 4.78 is 0. The molecule has 0 spiro atoms. The summed E-state index contributed by atoms with van der Waals surface area (Å²) in [7, 11) is 0. The molecule has 1 fully saturated rings. The number of carbonyl (C=O) groups excluding carboxylic acids is 1. The van der Waals surface area contributed by atoms with Gasteiger partial charge in [-0.1, -0.05) is 43.3 Å². The number of hydrogen-bond donors (Lipinski definition) is 1. The number of carbonyl (C=O) groups is 1. The van der Waals surface area contributed by atoms with E-state index >= 15 is 0 Å². The zero-order valence-corrected chi connectivity index (χ0v) is 16.6. The van der Waals surface area contributed by atoms with Crippen LogP contribution in [0.3, 0.4) is 0 Å². The van der Waals surface area contributed by atoms with Gasteiger partial charge >= 0.3 is 0 Å². The number of nitriles is 1. The maximum absolute atomic E-state index is 12.8. The van der Waals surface area contributed by atoms with Gasteiger partial charge in [-0.3, -0.25) is 9.78 Å². The molecule has 0 radical (unpaired) electrons. The molecular weight excluding hydrogens is 360 g/mol. The summed E-state index contributed by atoms with van der Waals surface area (Å²) in [4.78, 5) is 19.5. The summed E-state index contributed by atoms with van der Waals surface area (Å²) in [5.41, 5.74) is 4.48. The van der Waals surface area contributed by atoms with Crippen LogP contribution in [-0.4, -0.2) is 24.0 Å². The van der Waals surface area contributed by atoms with E-state index in [1.54, 1.807) is 6.20 Å². The molecule has 2 heterocycles. The molecule has 1 aliphatic heterocycles. The van der Waals surface area contributed by atoms with Crippen molar-refractivity contribution < 1.29 is 4.79 Å². The molecule has 29 heavy (non-hydrogen) atoms. The Hall–Kier alpha value is -3.39. The van der Waals surface area contributed by atoms with Crippen LogP contribution >= 0.6 is 0 Å². The monoisotopic (exact) mass is 384 g/mol. The Labute approximate surface area is 171 Å². The van der Waals surface area contributed by atoms with Crippen LogP contribution in [0.25, 0.3) is 10.9 Å². The van der Waals surface area contributed by atoms with Crippen LogP contribution in [0.1, 0.15) is 30.9 Å². The highest BCUT2D eigenvalue weighted by molar-refractivity contribution is 5.95. The highest BCUT2D eigenvalue weighted by Crippen LogP contribution is 2.32. The first-order valence-corrected chi connectivity index (χ1v) is 10.1. The Morgan fingerprint density at radius 1 is 1.17 bits per heavy atom. The number of aryl methyl sites for hydroxylation is 1. The van der Waals surface area contributed by atoms with Crippen molar-refractivity contribution in [3.05, 3.63) is 65.9 Å². The molecule has 3 aromatic rings. The minimum Gasteiger partial charge on any atom is -0.370 e. The molecule has 0 aliphatic carbocycles. The van der Waals surface area contributed by atoms with E-state index in [1.807, 2.05) is 42.5 Å². The summed E-state index contributed by atoms with van der Waals surface area (Å²) in [5, 5.41) is 13.7. The highest BCUT2D eigenvalue weighted by Gasteiger charge is 2.27. The zero-order valence-electron chi connectivity index (χ0n) is 16.6. The second-order valence-corrected chi connectivity index (χ2v) is 7.41. The van der Waals surface area contributed by atoms with Gasteiger partial charge in [0.15, 0.2) is 0 Å². The van der Waals surface area contributed by atoms with Crippen LogP contribution in [0.5, 0.6) is 0 Å². The molecule has 146 valence electrons. The van der Waals surface area contributed by atoms with Crippen molar-refractivity contribution in [2.24, 2.45) is 5.92 Å². The van der Waals surface area contributed by atoms with Crippen LogP contribution in [0, 0.1) is 17.2 Å². The third-order valence-electron chi connectivity index (χ3n) is 5.71. The normalized spacial score (nSPS) is 14.6. The highest BCUT2D eigenvalue weighted by atomic mass is 16.1. The number of pyridine rings is 1. The molecule has 1 amide bonds. The third kappa shape index (κ3) is 3.79. The molecule has 0 atom stereocenters. The predicted octanol–water partition coefficient (Wildman–Crippen LogP) is 4.52. The molecule has 0 bridgehead atoms. The second kappa shape index (κ2) is 8.32. The van der Waals surface area contributed by atoms with Gasteiger partial charge in [-0.15, -0.1) is 0 Å². The molecule has 5 heteroatoms. The number of nitrogens with one attached hydrogen (secondary N) is 1. The summed E-state index contributed by atoms with van der Waals surface area (Å²) >= 11 is 0. The van der Waals surface area contributed by atoms with E-state index in [9.17, 15) is 10.1 Å². The lowest BCUT2D eigenvalue weighted by Gasteiger charge is -2.34. The van der Waals surface area contributed by atoms with Gasteiger partial charge in [-0.2, -0.15) is 5.26 Å². The first-order chi connectivity index (χ1) is 14.2. The molecule has 1 aliphatic rings. The van der Waals surface area contributed by atoms with Crippen molar-refractivity contribution in [3.8, 4) is 6.07 Å². The van der Waals surface area contributed by atoms with Crippen LogP contribution in [-0.2, 0) is 11.2 Å². The Kier molecular flexibility index (Phi) is 5.44. The van der Waals surface area contributed by atoms with Crippen molar-refractivity contribution >= 4 is 28.2 Å². The predicted molar refractivity (Wildman–Crippen MR) is 116 cm³/mol. The lowest BCUT2D eigenvalue weighted by Crippen LogP contribution is -2.38. The van der Waals surface area contributed by atoms with Crippen molar-refractivity contribution in [3.63, 3.8) is 0 Å². The number of piperidine rings is 1. The van der Waals surface area contributed by atoms with Crippen molar-refractivity contribution in [1.29, 1.82) is 5.26 Å². The Morgan fingerprint density at radius 3 is 2.66 bits per heavy atom. The van der Waals surface area contributed by atoms with E-state index in [1.165, 1.54) is 0 Å². The molecule has 0 saturated carbocycles. The van der Waals surface area contributed by atoms with E-state index in [0.717, 1.165) is 60.2 Å². The van der Waals surface area contributed by atoms with Crippen molar-refractivity contribution in [1.82, 2.24) is 4.98 Å². The molecule has 4 rings (SSSR count). The number of anilines is 2. The standard InChI is InChI=1S/C24H24N4O/c1-2-17-7-3-5-9-21(17)27-24(29)18-11-13-28(14-12-18)23-19(15-25)16-26-22-10-6-4-8-20(22)23/h3-10,16,18H,2,11-14H2,1H3,(H,27,29). The summed E-state index contributed by atoms with van der Waals surface area (Å²) in [6, 6.07) is 18.2. The van der Waals surface area contributed by atoms with E-state index in [2.05, 4.69) is 34.3 Å². The van der Waals surface area contributed by atoms with Crippen LogP contribution < -0.4 is 10.2 Å². The van der Waals surface area contributed by atoms with Crippen LogP contribution in [0.2, 0.25) is 0 Å². The summed E-state index contributed by atoms with van der Waals surface area (Å²) in [6.45, 7) is 3.59. The van der Waals surface area contributed by atoms with E-state index < -0.39 is 0 Å². The second-order valence-electron chi connectivity index (χ2n) is 7.41. The number of benzene rings is 2. The maximum atomic E-state index is 12.8. The largest absolute Gasteiger partial charge is 0.370 e. The van der Waals surface area contributed by atoms with Crippen LogP contribution in [0.4, 0.5) is 11.4 Å². The Balaban J connectivity index is 1.50. The van der Waals surface area contributed by atoms with Gasteiger partial charge in [0.2, 0.25) is 5.91 Å². The summed E-state index contributed by atoms with van der Waals surface area (Å²) in [5.74, 6) is 0.0699. The fraction of sp³-hybridized carbons (Fsp3) is 0.292. The van der Waals surface area contributed by atoms with Crippen molar-refractivity contribution in [2.75, 3.05) is 23.3 Å². The topological polar surface area (TPSA) is 69.0 Å². The quantitative estimate of drug-likeness (QED) is 0.718. The number of para-hydroxylation sites is 2. The average Bonchev–Trinajstić information content (AvgIpc) is 2.78. The van der Waals surface area contributed by atoms with Gasteiger partial charge < -0.3 is 10.2 Å². The molecule has 1 saturated heterocycles. The molecule has 5 nitrogen and oxygen atoms in total. The van der Waals surface area contributed by atoms with Gasteiger partial charge in [0, 0.05) is 36.3 Å². The Morgan fingerprint density at radius 2 is 1.90 bits per heavy atom.